The summed E-state index contributed by atoms with van der Waals surface area (Å²) in [5.74, 6) is -1.49. The van der Waals surface area contributed by atoms with Crippen LogP contribution in [-0.4, -0.2) is 146 Å². The average molecular weight is 1260 g/mol. The molecule has 5 rings (SSSR count). The van der Waals surface area contributed by atoms with Gasteiger partial charge in [-0.05, 0) is 82.9 Å². The fourth-order valence-electron chi connectivity index (χ4n) is 10.6. The Balaban J connectivity index is 1.30. The van der Waals surface area contributed by atoms with Gasteiger partial charge in [-0.1, -0.05) is 93.5 Å². The Hall–Kier alpha value is -6.81. The van der Waals surface area contributed by atoms with Gasteiger partial charge in [-0.3, -0.25) is 38.3 Å². The Morgan fingerprint density at radius 3 is 1.94 bits per heavy atom. The van der Waals surface area contributed by atoms with Gasteiger partial charge in [0.25, 0.3) is 14.1 Å². The highest BCUT2D eigenvalue weighted by atomic mass is 31.2. The van der Waals surface area contributed by atoms with E-state index in [2.05, 4.69) is 26.4 Å². The average Bonchev–Trinajstić information content (AvgIpc) is 1.80. The predicted octanol–water partition coefficient (Wildman–Crippen LogP) is 8.23. The van der Waals surface area contributed by atoms with Crippen molar-refractivity contribution in [3.05, 3.63) is 123 Å². The molecular formula is C64H91N6O18P. The first-order valence-electron chi connectivity index (χ1n) is 30.4. The zero-order valence-electron chi connectivity index (χ0n) is 53.2. The van der Waals surface area contributed by atoms with E-state index < -0.39 is 104 Å². The number of aromatic nitrogens is 2. The number of allylic oxidation sites excluding steroid dienone is 3. The summed E-state index contributed by atoms with van der Waals surface area (Å²) in [5, 5.41) is 15.5. The van der Waals surface area contributed by atoms with E-state index in [1.807, 2.05) is 107 Å². The van der Waals surface area contributed by atoms with Gasteiger partial charge < -0.3 is 62.3 Å². The van der Waals surface area contributed by atoms with E-state index >= 15 is 0 Å². The molecule has 11 atom stereocenters. The molecule has 2 aliphatic rings. The number of esters is 3. The van der Waals surface area contributed by atoms with Gasteiger partial charge >= 0.3 is 23.6 Å². The maximum absolute atomic E-state index is 14.4. The smallest absolute Gasteiger partial charge is 0.330 e. The highest BCUT2D eigenvalue weighted by Gasteiger charge is 2.53. The predicted molar refractivity (Wildman–Crippen MR) is 329 cm³/mol. The molecule has 2 unspecified atom stereocenters. The summed E-state index contributed by atoms with van der Waals surface area (Å²) < 4.78 is 70.5. The number of hydrogen-bond acceptors (Lipinski definition) is 20. The van der Waals surface area contributed by atoms with Crippen LogP contribution in [0.3, 0.4) is 0 Å². The van der Waals surface area contributed by atoms with Crippen molar-refractivity contribution in [2.45, 2.75) is 206 Å². The lowest BCUT2D eigenvalue weighted by Gasteiger charge is -2.44. The molecule has 24 nitrogen and oxygen atoms in total. The zero-order valence-corrected chi connectivity index (χ0v) is 54.1. The van der Waals surface area contributed by atoms with Crippen molar-refractivity contribution in [1.82, 2.24) is 24.9 Å². The van der Waals surface area contributed by atoms with E-state index in [0.29, 0.717) is 24.4 Å². The van der Waals surface area contributed by atoms with Crippen molar-refractivity contribution < 1.29 is 75.7 Å². The number of H-pyrrole nitrogens is 1. The number of nitriles is 1. The van der Waals surface area contributed by atoms with E-state index in [0.717, 1.165) is 56.1 Å². The summed E-state index contributed by atoms with van der Waals surface area (Å²) in [7, 11) is 1.21. The number of unbranched alkanes of at least 4 members (excludes halogenated alkanes) is 8. The number of amides is 2. The van der Waals surface area contributed by atoms with Crippen LogP contribution in [0.15, 0.2) is 100 Å². The minimum absolute atomic E-state index is 0.0564. The SMILES string of the molecule is CO/C(C)=C/C=C/C(OC[C@H]1O[C@@H](n2ccc(=O)[nH]c2=O)[C@H](NC(=O)CCCCCCCCCCCO[C@@H]2O[C@H](COC(C)=O)[C@H](OC(C)=O)[C@H](OC(C)=O)[C@H]2NC(C)=O)[C@@H]1OP(OCCC#N)N(C(C)C)C(C)C)(c1ccccc1)c1ccc(OC)cc1. The third kappa shape index (κ3) is 22.6. The first-order valence-corrected chi connectivity index (χ1v) is 31.5. The molecule has 0 saturated carbocycles. The highest BCUT2D eigenvalue weighted by molar-refractivity contribution is 7.44. The normalized spacial score (nSPS) is 22.1. The van der Waals surface area contributed by atoms with Crippen molar-refractivity contribution in [3.63, 3.8) is 0 Å². The van der Waals surface area contributed by atoms with Crippen LogP contribution < -0.4 is 26.6 Å². The molecule has 0 spiro atoms. The van der Waals surface area contributed by atoms with Crippen LogP contribution >= 0.6 is 8.53 Å². The third-order valence-corrected chi connectivity index (χ3v) is 16.9. The first-order chi connectivity index (χ1) is 42.6. The summed E-state index contributed by atoms with van der Waals surface area (Å²) in [5.41, 5.74) is -1.16. The molecule has 3 N–H and O–H groups in total. The number of ether oxygens (including phenoxy) is 9. The second-order valence-corrected chi connectivity index (χ2v) is 23.7. The monoisotopic (exact) mass is 1260 g/mol. The van der Waals surface area contributed by atoms with Crippen LogP contribution in [0, 0.1) is 11.3 Å². The van der Waals surface area contributed by atoms with Crippen LogP contribution in [0.4, 0.5) is 0 Å². The maximum Gasteiger partial charge on any atom is 0.330 e. The number of carbonyl (C=O) groups excluding carboxylic acids is 5. The van der Waals surface area contributed by atoms with Crippen molar-refractivity contribution in [2.75, 3.05) is 40.6 Å². The topological polar surface area (TPSA) is 293 Å². The Kier molecular flexibility index (Phi) is 30.6. The van der Waals surface area contributed by atoms with Crippen molar-refractivity contribution in [2.24, 2.45) is 0 Å². The second kappa shape index (κ2) is 37.4. The number of hydrogen-bond donors (Lipinski definition) is 3. The highest BCUT2D eigenvalue weighted by Crippen LogP contribution is 2.50. The number of rotatable bonds is 37. The zero-order chi connectivity index (χ0) is 65.0. The summed E-state index contributed by atoms with van der Waals surface area (Å²) >= 11 is 0. The van der Waals surface area contributed by atoms with E-state index in [9.17, 15) is 38.8 Å². The standard InChI is InChI=1S/C64H91N6O18P/c1-42(2)70(43(3)4)89(83-39-25-36-65)88-58-53(41-82-64(35-24-26-44(5)78-10,49-27-20-19-21-28-49)50-30-32-51(79-11)33-31-50)86-61(69-37-34-55(76)68-63(69)77)56(58)67-54(75)29-22-17-15-13-12-14-16-18-23-38-80-62-57(66-45(6)71)60(85-48(9)74)59(84-47(8)73)52(87-62)40-81-46(7)72/h19-21,24,26-28,30-35,37,42-43,52-53,56-62H,12-18,22-23,25,29,38-41H2,1-11H3,(H,66,71)(H,67,75)(H,68,76,77)/b35-24+,44-26+/t52-,53-,56-,57-,58-,59+,60-,61-,62-,64?,89?/m1/s1. The van der Waals surface area contributed by atoms with E-state index in [-0.39, 0.29) is 57.3 Å². The minimum Gasteiger partial charge on any atom is -0.501 e. The largest absolute Gasteiger partial charge is 0.501 e. The van der Waals surface area contributed by atoms with Crippen molar-refractivity contribution in [1.29, 1.82) is 5.26 Å². The lowest BCUT2D eigenvalue weighted by molar-refractivity contribution is -0.277. The lowest BCUT2D eigenvalue weighted by atomic mass is 9.85. The summed E-state index contributed by atoms with van der Waals surface area (Å²) in [4.78, 5) is 91.4. The first kappa shape index (κ1) is 72.9. The van der Waals surface area contributed by atoms with E-state index in [1.165, 1.54) is 44.5 Å². The Labute approximate surface area is 523 Å². The number of benzene rings is 2. The van der Waals surface area contributed by atoms with Gasteiger partial charge in [0.15, 0.2) is 24.7 Å². The molecule has 0 aliphatic carbocycles. The summed E-state index contributed by atoms with van der Waals surface area (Å²) in [6.07, 6.45) is 6.66. The van der Waals surface area contributed by atoms with Gasteiger partial charge in [-0.15, -0.1) is 0 Å². The Morgan fingerprint density at radius 2 is 1.36 bits per heavy atom. The molecular weight excluding hydrogens is 1170 g/mol. The molecule has 0 bridgehead atoms. The molecule has 2 saturated heterocycles. The third-order valence-electron chi connectivity index (χ3n) is 14.8. The molecule has 3 heterocycles. The minimum atomic E-state index is -1.96. The van der Waals surface area contributed by atoms with Crippen LogP contribution in [0.2, 0.25) is 0 Å². The molecule has 25 heteroatoms. The van der Waals surface area contributed by atoms with E-state index in [4.69, 9.17) is 51.7 Å². The van der Waals surface area contributed by atoms with Crippen molar-refractivity contribution in [3.8, 4) is 11.8 Å². The second-order valence-electron chi connectivity index (χ2n) is 22.3. The molecule has 2 amide bonds. The van der Waals surface area contributed by atoms with Gasteiger partial charge in [0, 0.05) is 65.1 Å². The molecule has 2 aliphatic heterocycles. The number of nitrogens with one attached hydrogen (secondary N) is 3. The van der Waals surface area contributed by atoms with Gasteiger partial charge in [-0.2, -0.15) is 5.26 Å². The van der Waals surface area contributed by atoms with E-state index in [1.54, 1.807) is 14.2 Å². The van der Waals surface area contributed by atoms with Crippen LogP contribution in [0.1, 0.15) is 150 Å². The Morgan fingerprint density at radius 1 is 0.742 bits per heavy atom. The lowest BCUT2D eigenvalue weighted by Crippen LogP contribution is -2.66. The van der Waals surface area contributed by atoms with Crippen LogP contribution in [-0.2, 0) is 76.5 Å². The molecule has 2 aromatic carbocycles. The molecule has 1 aromatic heterocycles. The molecule has 2 fully saturated rings. The number of carbonyl (C=O) groups is 5. The van der Waals surface area contributed by atoms with Crippen LogP contribution in [0.5, 0.6) is 5.75 Å². The quantitative estimate of drug-likeness (QED) is 0.0122. The maximum atomic E-state index is 14.4. The number of methoxy groups -OCH3 is 2. The summed E-state index contributed by atoms with van der Waals surface area (Å²) in [6.45, 7) is 14.5. The fraction of sp³-hybridized carbons (Fsp3) is 0.594. The van der Waals surface area contributed by atoms with Gasteiger partial charge in [0.2, 0.25) is 11.8 Å². The van der Waals surface area contributed by atoms with Crippen molar-refractivity contribution >= 4 is 38.2 Å². The molecule has 89 heavy (non-hydrogen) atoms. The number of nitrogens with zero attached hydrogens (tertiary/aromatic N) is 3. The van der Waals surface area contributed by atoms with Gasteiger partial charge in [-0.25, -0.2) is 9.46 Å². The number of aromatic amines is 1. The molecule has 3 aromatic rings. The summed E-state index contributed by atoms with van der Waals surface area (Å²) in [6, 6.07) is 18.2. The van der Waals surface area contributed by atoms with Crippen LogP contribution in [0.25, 0.3) is 0 Å². The molecule has 490 valence electrons. The fourth-order valence-corrected chi connectivity index (χ4v) is 12.4. The van der Waals surface area contributed by atoms with Gasteiger partial charge in [0.1, 0.15) is 48.4 Å². The molecule has 0 radical (unpaired) electrons. The Bertz CT molecular complexity index is 2930. The van der Waals surface area contributed by atoms with Gasteiger partial charge in [0.05, 0.1) is 45.7 Å².